The first-order valence-electron chi connectivity index (χ1n) is 6.94. The standard InChI is InChI=1S/C16H16N2O3/c1-10-7-11(3-2-6-17)9-12(8-10)18-15(19)13-4-5-14(21-13)16(18)20/h7-9,13-14H,4-6,17H2,1H3. The van der Waals surface area contributed by atoms with E-state index in [1.807, 2.05) is 19.1 Å². The Morgan fingerprint density at radius 3 is 2.52 bits per heavy atom. The Kier molecular flexibility index (Phi) is 3.50. The minimum Gasteiger partial charge on any atom is -0.355 e. The van der Waals surface area contributed by atoms with Crippen LogP contribution >= 0.6 is 0 Å². The third kappa shape index (κ3) is 2.44. The van der Waals surface area contributed by atoms with Crippen LogP contribution in [0.5, 0.6) is 0 Å². The zero-order valence-electron chi connectivity index (χ0n) is 11.8. The van der Waals surface area contributed by atoms with E-state index in [1.54, 1.807) is 6.07 Å². The van der Waals surface area contributed by atoms with Crippen LogP contribution in [0.4, 0.5) is 5.69 Å². The monoisotopic (exact) mass is 284 g/mol. The molecule has 1 aromatic carbocycles. The Hall–Kier alpha value is -2.16. The van der Waals surface area contributed by atoms with Crippen molar-refractivity contribution in [2.75, 3.05) is 11.4 Å². The van der Waals surface area contributed by atoms with E-state index in [-0.39, 0.29) is 18.4 Å². The number of morpholine rings is 1. The molecule has 1 aromatic rings. The Labute approximate surface area is 123 Å². The van der Waals surface area contributed by atoms with E-state index < -0.39 is 12.2 Å². The smallest absolute Gasteiger partial charge is 0.262 e. The zero-order valence-corrected chi connectivity index (χ0v) is 11.8. The van der Waals surface area contributed by atoms with E-state index in [0.717, 1.165) is 11.1 Å². The van der Waals surface area contributed by atoms with Crippen LogP contribution in [0.15, 0.2) is 18.2 Å². The highest BCUT2D eigenvalue weighted by atomic mass is 16.5. The molecular formula is C16H16N2O3. The normalized spacial score (nSPS) is 24.0. The van der Waals surface area contributed by atoms with Crippen molar-refractivity contribution < 1.29 is 14.3 Å². The van der Waals surface area contributed by atoms with Gasteiger partial charge in [-0.15, -0.1) is 0 Å². The lowest BCUT2D eigenvalue weighted by molar-refractivity contribution is -0.146. The van der Waals surface area contributed by atoms with E-state index in [2.05, 4.69) is 11.8 Å². The number of rotatable bonds is 1. The van der Waals surface area contributed by atoms with Crippen molar-refractivity contribution in [3.63, 3.8) is 0 Å². The van der Waals surface area contributed by atoms with Crippen molar-refractivity contribution in [2.45, 2.75) is 32.0 Å². The van der Waals surface area contributed by atoms with Crippen molar-refractivity contribution in [3.05, 3.63) is 29.3 Å². The predicted molar refractivity (Wildman–Crippen MR) is 77.5 cm³/mol. The lowest BCUT2D eigenvalue weighted by Crippen LogP contribution is -2.52. The van der Waals surface area contributed by atoms with Crippen LogP contribution in [0.25, 0.3) is 0 Å². The summed E-state index contributed by atoms with van der Waals surface area (Å²) in [6.07, 6.45) is 0.230. The number of imide groups is 1. The van der Waals surface area contributed by atoms with Gasteiger partial charge in [0.1, 0.15) is 12.2 Å². The van der Waals surface area contributed by atoms with Gasteiger partial charge in [0.15, 0.2) is 0 Å². The molecule has 5 nitrogen and oxygen atoms in total. The lowest BCUT2D eigenvalue weighted by Gasteiger charge is -2.30. The second-order valence-corrected chi connectivity index (χ2v) is 5.27. The number of carbonyl (C=O) groups excluding carboxylic acids is 2. The van der Waals surface area contributed by atoms with Crippen LogP contribution in [0.3, 0.4) is 0 Å². The Balaban J connectivity index is 2.01. The Bertz CT molecular complexity index is 650. The summed E-state index contributed by atoms with van der Waals surface area (Å²) in [7, 11) is 0. The van der Waals surface area contributed by atoms with Gasteiger partial charge in [-0.3, -0.25) is 9.59 Å². The number of amides is 2. The average Bonchev–Trinajstić information content (AvgIpc) is 2.90. The first-order valence-corrected chi connectivity index (χ1v) is 6.94. The highest BCUT2D eigenvalue weighted by Gasteiger charge is 2.47. The SMILES string of the molecule is Cc1cc(C#CCN)cc(N2C(=O)C3CCC(O3)C2=O)c1. The van der Waals surface area contributed by atoms with Gasteiger partial charge in [0.2, 0.25) is 0 Å². The molecular weight excluding hydrogens is 268 g/mol. The summed E-state index contributed by atoms with van der Waals surface area (Å²) in [5.74, 6) is 5.15. The van der Waals surface area contributed by atoms with Crippen LogP contribution in [0.1, 0.15) is 24.0 Å². The van der Waals surface area contributed by atoms with Gasteiger partial charge in [-0.05, 0) is 43.5 Å². The molecule has 21 heavy (non-hydrogen) atoms. The fourth-order valence-electron chi connectivity index (χ4n) is 2.77. The van der Waals surface area contributed by atoms with Crippen LogP contribution in [-0.2, 0) is 14.3 Å². The van der Waals surface area contributed by atoms with Crippen molar-refractivity contribution >= 4 is 17.5 Å². The molecule has 0 radical (unpaired) electrons. The maximum atomic E-state index is 12.4. The van der Waals surface area contributed by atoms with Crippen LogP contribution in [-0.4, -0.2) is 30.6 Å². The quantitative estimate of drug-likeness (QED) is 0.609. The summed E-state index contributed by atoms with van der Waals surface area (Å²) >= 11 is 0. The number of hydrogen-bond acceptors (Lipinski definition) is 4. The van der Waals surface area contributed by atoms with Gasteiger partial charge in [0, 0.05) is 5.56 Å². The summed E-state index contributed by atoms with van der Waals surface area (Å²) in [6.45, 7) is 2.17. The molecule has 3 rings (SSSR count). The van der Waals surface area contributed by atoms with Gasteiger partial charge >= 0.3 is 0 Å². The van der Waals surface area contributed by atoms with Gasteiger partial charge in [-0.2, -0.15) is 0 Å². The number of benzene rings is 1. The average molecular weight is 284 g/mol. The van der Waals surface area contributed by atoms with Gasteiger partial charge in [-0.25, -0.2) is 4.90 Å². The van der Waals surface area contributed by atoms with Crippen molar-refractivity contribution in [1.29, 1.82) is 0 Å². The predicted octanol–water partition coefficient (Wildman–Crippen LogP) is 0.726. The fraction of sp³-hybridized carbons (Fsp3) is 0.375. The number of nitrogens with zero attached hydrogens (tertiary/aromatic N) is 1. The molecule has 5 heteroatoms. The molecule has 0 spiro atoms. The molecule has 2 heterocycles. The maximum absolute atomic E-state index is 12.4. The van der Waals surface area contributed by atoms with Crippen molar-refractivity contribution in [3.8, 4) is 11.8 Å². The molecule has 2 N–H and O–H groups in total. The second kappa shape index (κ2) is 5.32. The first-order chi connectivity index (χ1) is 10.1. The molecule has 0 saturated carbocycles. The first kappa shape index (κ1) is 13.8. The number of anilines is 1. The topological polar surface area (TPSA) is 72.6 Å². The minimum absolute atomic E-state index is 0.267. The van der Waals surface area contributed by atoms with E-state index in [0.29, 0.717) is 18.5 Å². The van der Waals surface area contributed by atoms with Crippen molar-refractivity contribution in [2.24, 2.45) is 5.73 Å². The molecule has 2 bridgehead atoms. The summed E-state index contributed by atoms with van der Waals surface area (Å²) in [5.41, 5.74) is 7.62. The van der Waals surface area contributed by atoms with Crippen molar-refractivity contribution in [1.82, 2.24) is 0 Å². The zero-order chi connectivity index (χ0) is 15.0. The summed E-state index contributed by atoms with van der Waals surface area (Å²) < 4.78 is 5.41. The van der Waals surface area contributed by atoms with Gasteiger partial charge < -0.3 is 10.5 Å². The Morgan fingerprint density at radius 2 is 1.90 bits per heavy atom. The molecule has 2 aliphatic heterocycles. The number of nitrogens with two attached hydrogens (primary N) is 1. The third-order valence-electron chi connectivity index (χ3n) is 3.67. The molecule has 0 aromatic heterocycles. The van der Waals surface area contributed by atoms with E-state index in [4.69, 9.17) is 10.5 Å². The van der Waals surface area contributed by atoms with E-state index in [1.165, 1.54) is 4.90 Å². The summed E-state index contributed by atoms with van der Waals surface area (Å²) in [4.78, 5) is 26.0. The highest BCUT2D eigenvalue weighted by molar-refractivity contribution is 6.19. The van der Waals surface area contributed by atoms with Crippen LogP contribution in [0.2, 0.25) is 0 Å². The van der Waals surface area contributed by atoms with E-state index >= 15 is 0 Å². The molecule has 0 aliphatic carbocycles. The molecule has 2 aliphatic rings. The number of fused-ring (bicyclic) bond motifs is 2. The molecule has 2 fully saturated rings. The fourth-order valence-corrected chi connectivity index (χ4v) is 2.77. The summed E-state index contributed by atoms with van der Waals surface area (Å²) in [5, 5.41) is 0. The number of carbonyl (C=O) groups is 2. The molecule has 108 valence electrons. The maximum Gasteiger partial charge on any atom is 0.262 e. The lowest BCUT2D eigenvalue weighted by atomic mass is 10.1. The van der Waals surface area contributed by atoms with E-state index in [9.17, 15) is 9.59 Å². The second-order valence-electron chi connectivity index (χ2n) is 5.27. The van der Waals surface area contributed by atoms with Gasteiger partial charge in [0.05, 0.1) is 12.2 Å². The third-order valence-corrected chi connectivity index (χ3v) is 3.67. The number of ether oxygens (including phenoxy) is 1. The van der Waals surface area contributed by atoms with Gasteiger partial charge in [0.25, 0.3) is 11.8 Å². The molecule has 2 saturated heterocycles. The minimum atomic E-state index is -0.494. The highest BCUT2D eigenvalue weighted by Crippen LogP contribution is 2.32. The summed E-state index contributed by atoms with van der Waals surface area (Å²) in [6, 6.07) is 5.46. The molecule has 2 unspecified atom stereocenters. The molecule has 2 amide bonds. The number of hydrogen-bond donors (Lipinski definition) is 1. The Morgan fingerprint density at radius 1 is 1.24 bits per heavy atom. The van der Waals surface area contributed by atoms with Crippen LogP contribution in [0, 0.1) is 18.8 Å². The van der Waals surface area contributed by atoms with Crippen LogP contribution < -0.4 is 10.6 Å². The molecule has 2 atom stereocenters. The number of aryl methyl sites for hydroxylation is 1. The largest absolute Gasteiger partial charge is 0.355 e. The van der Waals surface area contributed by atoms with Gasteiger partial charge in [-0.1, -0.05) is 11.8 Å².